The van der Waals surface area contributed by atoms with Gasteiger partial charge in [-0.3, -0.25) is 0 Å². The number of benzene rings is 4. The Balaban J connectivity index is 1.43. The van der Waals surface area contributed by atoms with Gasteiger partial charge in [-0.15, -0.1) is 13.2 Å². The van der Waals surface area contributed by atoms with Gasteiger partial charge in [-0.25, -0.2) is 21.7 Å². The Bertz CT molecular complexity index is 1920. The van der Waals surface area contributed by atoms with Gasteiger partial charge in [0.25, 0.3) is 0 Å². The van der Waals surface area contributed by atoms with Gasteiger partial charge in [0.15, 0.2) is 0 Å². The normalized spacial score (nSPS) is 21.6. The van der Waals surface area contributed by atoms with E-state index in [-0.39, 0.29) is 22.9 Å². The summed E-state index contributed by atoms with van der Waals surface area (Å²) in [6.07, 6.45) is -4.71. The maximum Gasteiger partial charge on any atom is 0.573 e. The monoisotopic (exact) mass is 686 g/mol. The van der Waals surface area contributed by atoms with E-state index in [1.807, 2.05) is 53.4 Å². The summed E-state index contributed by atoms with van der Waals surface area (Å²) in [5.41, 5.74) is 3.69. The first-order chi connectivity index (χ1) is 22.4. The number of rotatable bonds is 7. The fourth-order valence-corrected chi connectivity index (χ4v) is 9.28. The zero-order valence-electron chi connectivity index (χ0n) is 25.2. The number of piperidine rings is 1. The van der Waals surface area contributed by atoms with Gasteiger partial charge >= 0.3 is 6.36 Å². The van der Waals surface area contributed by atoms with Crippen LogP contribution in [0.3, 0.4) is 0 Å². The molecule has 0 saturated carbocycles. The summed E-state index contributed by atoms with van der Waals surface area (Å²) in [4.78, 5) is 2.07. The van der Waals surface area contributed by atoms with Crippen LogP contribution in [0.25, 0.3) is 0 Å². The number of hydrogen-bond acceptors (Lipinski definition) is 7. The van der Waals surface area contributed by atoms with E-state index in [4.69, 9.17) is 0 Å². The van der Waals surface area contributed by atoms with E-state index in [0.717, 1.165) is 47.5 Å². The van der Waals surface area contributed by atoms with Gasteiger partial charge in [0.2, 0.25) is 10.0 Å². The van der Waals surface area contributed by atoms with E-state index >= 15 is 0 Å². The summed E-state index contributed by atoms with van der Waals surface area (Å²) in [7, 11) is -6.39. The SMILES string of the molecule is CN=S(=O)(NC1CN(S(=O)(=O)c2ccccc2)CC(N2c3ccccc3CCc3ccccc32)C1O)c1ccc(OC(F)(F)F)cc1. The van der Waals surface area contributed by atoms with Crippen molar-refractivity contribution in [3.05, 3.63) is 114 Å². The predicted octanol–water partition coefficient (Wildman–Crippen LogP) is 5.29. The molecule has 2 aliphatic heterocycles. The number of aliphatic hydroxyl groups is 1. The molecule has 4 aromatic carbocycles. The molecule has 0 amide bonds. The Labute approximate surface area is 272 Å². The van der Waals surface area contributed by atoms with Crippen LogP contribution in [0.1, 0.15) is 11.1 Å². The third-order valence-corrected chi connectivity index (χ3v) is 12.3. The van der Waals surface area contributed by atoms with Crippen molar-refractivity contribution in [3.63, 3.8) is 0 Å². The molecule has 1 fully saturated rings. The number of aryl methyl sites for hydroxylation is 2. The van der Waals surface area contributed by atoms with Crippen molar-refractivity contribution in [2.24, 2.45) is 4.36 Å². The molecule has 4 aromatic rings. The number of aliphatic hydroxyl groups excluding tert-OH is 1. The Morgan fingerprint density at radius 1 is 0.787 bits per heavy atom. The van der Waals surface area contributed by atoms with Crippen molar-refractivity contribution in [2.75, 3.05) is 25.0 Å². The lowest BCUT2D eigenvalue weighted by atomic mass is 9.96. The van der Waals surface area contributed by atoms with Crippen molar-refractivity contribution in [1.29, 1.82) is 0 Å². The summed E-state index contributed by atoms with van der Waals surface area (Å²) >= 11 is 0. The number of sulfonamides is 1. The quantitative estimate of drug-likeness (QED) is 0.274. The van der Waals surface area contributed by atoms with Gasteiger partial charge in [0, 0.05) is 31.5 Å². The van der Waals surface area contributed by atoms with Crippen LogP contribution in [0.15, 0.2) is 117 Å². The molecule has 2 N–H and O–H groups in total. The first-order valence-corrected chi connectivity index (χ1v) is 17.8. The number of hydrogen-bond donors (Lipinski definition) is 2. The minimum atomic E-state index is -4.91. The summed E-state index contributed by atoms with van der Waals surface area (Å²) in [6.45, 7) is -0.346. The van der Waals surface area contributed by atoms with Crippen LogP contribution in [0.2, 0.25) is 0 Å². The smallest absolute Gasteiger partial charge is 0.406 e. The van der Waals surface area contributed by atoms with Crippen LogP contribution in [-0.2, 0) is 32.8 Å². The zero-order chi connectivity index (χ0) is 33.4. The molecule has 2 aliphatic rings. The number of nitrogens with zero attached hydrogens (tertiary/aromatic N) is 3. The molecular weight excluding hydrogens is 654 g/mol. The molecule has 6 rings (SSSR count). The van der Waals surface area contributed by atoms with E-state index < -0.39 is 50.2 Å². The van der Waals surface area contributed by atoms with Gasteiger partial charge in [0.1, 0.15) is 15.7 Å². The zero-order valence-corrected chi connectivity index (χ0v) is 26.9. The lowest BCUT2D eigenvalue weighted by molar-refractivity contribution is -0.274. The molecule has 47 heavy (non-hydrogen) atoms. The number of nitrogens with one attached hydrogen (secondary N) is 1. The van der Waals surface area contributed by atoms with Gasteiger partial charge in [-0.2, -0.15) is 4.31 Å². The molecule has 0 bridgehead atoms. The minimum absolute atomic E-state index is 0.0341. The fraction of sp³-hybridized carbons (Fsp3) is 0.273. The maximum absolute atomic E-state index is 14.3. The highest BCUT2D eigenvalue weighted by Gasteiger charge is 2.46. The van der Waals surface area contributed by atoms with Gasteiger partial charge in [0.05, 0.1) is 28.0 Å². The first kappa shape index (κ1) is 33.0. The van der Waals surface area contributed by atoms with Crippen LogP contribution in [0, 0.1) is 0 Å². The molecule has 1 saturated heterocycles. The molecule has 0 aliphatic carbocycles. The van der Waals surface area contributed by atoms with E-state index in [1.54, 1.807) is 18.2 Å². The molecular formula is C33H33F3N4O5S2. The summed E-state index contributed by atoms with van der Waals surface area (Å²) in [6, 6.07) is 25.9. The lowest BCUT2D eigenvalue weighted by Gasteiger charge is -2.46. The van der Waals surface area contributed by atoms with Crippen LogP contribution < -0.4 is 14.4 Å². The average Bonchev–Trinajstić information content (AvgIpc) is 3.22. The van der Waals surface area contributed by atoms with E-state index in [1.165, 1.54) is 35.6 Å². The number of halogens is 3. The molecule has 14 heteroatoms. The fourth-order valence-electron chi connectivity index (χ4n) is 6.19. The molecule has 0 radical (unpaired) electrons. The van der Waals surface area contributed by atoms with Gasteiger partial charge in [-0.1, -0.05) is 54.6 Å². The summed E-state index contributed by atoms with van der Waals surface area (Å²) in [5, 5.41) is 12.1. The van der Waals surface area contributed by atoms with Crippen LogP contribution in [0.5, 0.6) is 5.75 Å². The predicted molar refractivity (Wildman–Crippen MR) is 172 cm³/mol. The highest BCUT2D eigenvalue weighted by molar-refractivity contribution is 7.91. The molecule has 9 nitrogen and oxygen atoms in total. The number of anilines is 2. The van der Waals surface area contributed by atoms with E-state index in [9.17, 15) is 30.9 Å². The molecule has 0 aromatic heterocycles. The topological polar surface area (TPSA) is 112 Å². The second-order valence-electron chi connectivity index (χ2n) is 11.3. The largest absolute Gasteiger partial charge is 0.573 e. The van der Waals surface area contributed by atoms with Gasteiger partial charge < -0.3 is 14.7 Å². The molecule has 2 heterocycles. The number of ether oxygens (including phenoxy) is 1. The standard InChI is InChI=1S/C33H33F3N4O5S2/c1-37-46(42,26-19-17-25(18-20-26)45-33(34,35)36)38-28-21-39(47(43,44)27-11-3-2-4-12-27)22-31(32(28)41)40-29-13-7-5-9-23(29)15-16-24-10-6-8-14-30(24)40/h2-14,17-20,28,31-32,41H,15-16,21-22H2,1H3,(H,37,38,42). The second kappa shape index (κ2) is 12.9. The lowest BCUT2D eigenvalue weighted by Crippen LogP contribution is -2.65. The number of fused-ring (bicyclic) bond motifs is 2. The molecule has 248 valence electrons. The Hall–Kier alpha value is -3.95. The highest BCUT2D eigenvalue weighted by Crippen LogP contribution is 2.40. The Morgan fingerprint density at radius 3 is 1.89 bits per heavy atom. The maximum atomic E-state index is 14.3. The average molecular weight is 687 g/mol. The minimum Gasteiger partial charge on any atom is -0.406 e. The molecule has 4 atom stereocenters. The van der Waals surface area contributed by atoms with Crippen molar-refractivity contribution < 1.29 is 35.6 Å². The molecule has 4 unspecified atom stereocenters. The first-order valence-electron chi connectivity index (χ1n) is 14.9. The third kappa shape index (κ3) is 6.74. The van der Waals surface area contributed by atoms with Crippen molar-refractivity contribution in [2.45, 2.75) is 47.2 Å². The summed E-state index contributed by atoms with van der Waals surface area (Å²) in [5.74, 6) is -0.504. The van der Waals surface area contributed by atoms with Crippen LogP contribution >= 0.6 is 0 Å². The Kier molecular flexibility index (Phi) is 9.06. The van der Waals surface area contributed by atoms with Crippen molar-refractivity contribution >= 4 is 31.3 Å². The van der Waals surface area contributed by atoms with Crippen molar-refractivity contribution in [3.8, 4) is 5.75 Å². The van der Waals surface area contributed by atoms with E-state index in [2.05, 4.69) is 13.8 Å². The second-order valence-corrected chi connectivity index (χ2v) is 15.3. The highest BCUT2D eigenvalue weighted by atomic mass is 32.2. The third-order valence-electron chi connectivity index (χ3n) is 8.42. The Morgan fingerprint density at radius 2 is 1.34 bits per heavy atom. The van der Waals surface area contributed by atoms with E-state index in [0.29, 0.717) is 0 Å². The molecule has 0 spiro atoms. The van der Waals surface area contributed by atoms with Gasteiger partial charge in [-0.05, 0) is 72.5 Å². The van der Waals surface area contributed by atoms with Crippen LogP contribution in [0.4, 0.5) is 24.5 Å². The summed E-state index contributed by atoms with van der Waals surface area (Å²) < 4.78 is 92.9. The number of alkyl halides is 3. The van der Waals surface area contributed by atoms with Crippen molar-refractivity contribution in [1.82, 2.24) is 9.03 Å². The number of para-hydroxylation sites is 2. The van der Waals surface area contributed by atoms with Crippen LogP contribution in [-0.4, -0.2) is 66.7 Å².